The van der Waals surface area contributed by atoms with Crippen LogP contribution in [0.3, 0.4) is 0 Å². The van der Waals surface area contributed by atoms with Crippen LogP contribution in [0.15, 0.2) is 0 Å². The quantitative estimate of drug-likeness (QED) is 0.600. The van der Waals surface area contributed by atoms with Gasteiger partial charge in [-0.05, 0) is 0 Å². The fraction of sp³-hybridized carbons (Fsp3) is 0.750. The summed E-state index contributed by atoms with van der Waals surface area (Å²) in [5.41, 5.74) is 4.79. The number of rotatable bonds is 3. The minimum Gasteiger partial charge on any atom is -0.370 e. The monoisotopic (exact) mass is 155 g/mol. The molecule has 0 saturated heterocycles. The number of halogens is 2. The molecule has 0 unspecified atom stereocenters. The highest BCUT2D eigenvalue weighted by Crippen LogP contribution is 2.02. The first-order valence-electron chi connectivity index (χ1n) is 2.15. The van der Waals surface area contributed by atoms with E-state index in [1.54, 1.807) is 0 Å². The molecule has 0 aliphatic heterocycles. The minimum absolute atomic E-state index is 0.158. The van der Waals surface area contributed by atoms with Crippen molar-refractivity contribution in [2.24, 2.45) is 5.73 Å². The molecule has 0 rings (SSSR count). The molecular formula is C4H7Cl2NO. The second-order valence-corrected chi connectivity index (χ2v) is 2.35. The van der Waals surface area contributed by atoms with Gasteiger partial charge in [0.2, 0.25) is 5.91 Å². The topological polar surface area (TPSA) is 43.1 Å². The second-order valence-electron chi connectivity index (χ2n) is 1.42. The van der Waals surface area contributed by atoms with Crippen LogP contribution in [0.1, 0.15) is 6.42 Å². The van der Waals surface area contributed by atoms with Crippen LogP contribution in [-0.4, -0.2) is 17.2 Å². The van der Waals surface area contributed by atoms with Gasteiger partial charge in [0.1, 0.15) is 0 Å². The number of hydrogen-bond donors (Lipinski definition) is 1. The Balaban J connectivity index is 3.24. The highest BCUT2D eigenvalue weighted by Gasteiger charge is 2.04. The summed E-state index contributed by atoms with van der Waals surface area (Å²) in [4.78, 5) is 10.0. The molecule has 0 radical (unpaired) electrons. The van der Waals surface area contributed by atoms with Gasteiger partial charge in [0.25, 0.3) is 0 Å². The molecule has 8 heavy (non-hydrogen) atoms. The summed E-state index contributed by atoms with van der Waals surface area (Å²) in [6, 6.07) is 0. The van der Waals surface area contributed by atoms with Crippen molar-refractivity contribution in [1.29, 1.82) is 0 Å². The lowest BCUT2D eigenvalue weighted by Gasteiger charge is -1.97. The number of amides is 1. The van der Waals surface area contributed by atoms with E-state index in [0.717, 1.165) is 0 Å². The normalized spacial score (nSPS) is 13.2. The molecule has 2 N–H and O–H groups in total. The van der Waals surface area contributed by atoms with Gasteiger partial charge in [-0.15, -0.1) is 23.2 Å². The first-order valence-corrected chi connectivity index (χ1v) is 3.12. The lowest BCUT2D eigenvalue weighted by atomic mass is 10.3. The summed E-state index contributed by atoms with van der Waals surface area (Å²) >= 11 is 10.7. The zero-order valence-corrected chi connectivity index (χ0v) is 5.74. The van der Waals surface area contributed by atoms with Crippen molar-refractivity contribution in [3.8, 4) is 0 Å². The molecule has 0 aromatic carbocycles. The molecule has 0 heterocycles. The lowest BCUT2D eigenvalue weighted by molar-refractivity contribution is -0.117. The van der Waals surface area contributed by atoms with E-state index in [1.165, 1.54) is 0 Å². The van der Waals surface area contributed by atoms with Gasteiger partial charge in [0.05, 0.1) is 5.38 Å². The largest absolute Gasteiger partial charge is 0.370 e. The first kappa shape index (κ1) is 8.05. The van der Waals surface area contributed by atoms with Crippen molar-refractivity contribution >= 4 is 29.1 Å². The number of alkyl halides is 2. The zero-order valence-electron chi connectivity index (χ0n) is 4.23. The highest BCUT2D eigenvalue weighted by molar-refractivity contribution is 6.28. The van der Waals surface area contributed by atoms with E-state index in [-0.39, 0.29) is 17.7 Å². The molecule has 0 aromatic heterocycles. The van der Waals surface area contributed by atoms with Gasteiger partial charge in [0.15, 0.2) is 0 Å². The van der Waals surface area contributed by atoms with E-state index in [9.17, 15) is 4.79 Å². The average Bonchev–Trinajstić information content (AvgIpc) is 1.65. The van der Waals surface area contributed by atoms with E-state index in [2.05, 4.69) is 0 Å². The van der Waals surface area contributed by atoms with Crippen LogP contribution in [0.25, 0.3) is 0 Å². The first-order chi connectivity index (χ1) is 3.66. The predicted molar refractivity (Wildman–Crippen MR) is 34.2 cm³/mol. The summed E-state index contributed by atoms with van der Waals surface area (Å²) in [6.07, 6.45) is 0.158. The molecule has 1 atom stereocenters. The zero-order chi connectivity index (χ0) is 6.57. The third-order valence-corrected chi connectivity index (χ3v) is 1.43. The van der Waals surface area contributed by atoms with Crippen LogP contribution in [0, 0.1) is 0 Å². The van der Waals surface area contributed by atoms with Crippen molar-refractivity contribution in [2.75, 3.05) is 5.88 Å². The molecule has 4 heteroatoms. The fourth-order valence-corrected chi connectivity index (χ4v) is 0.534. The van der Waals surface area contributed by atoms with Gasteiger partial charge in [0, 0.05) is 12.3 Å². The van der Waals surface area contributed by atoms with Gasteiger partial charge < -0.3 is 5.73 Å². The third kappa shape index (κ3) is 4.22. The van der Waals surface area contributed by atoms with Crippen LogP contribution in [0.2, 0.25) is 0 Å². The van der Waals surface area contributed by atoms with E-state index < -0.39 is 5.91 Å². The highest BCUT2D eigenvalue weighted by atomic mass is 35.5. The Morgan fingerprint density at radius 2 is 2.25 bits per heavy atom. The predicted octanol–water partition coefficient (Wildman–Crippen LogP) is 0.708. The molecule has 2 nitrogen and oxygen atoms in total. The summed E-state index contributed by atoms with van der Waals surface area (Å²) < 4.78 is 0. The number of hydrogen-bond acceptors (Lipinski definition) is 1. The molecule has 0 fully saturated rings. The Hall–Kier alpha value is 0.0500. The van der Waals surface area contributed by atoms with Crippen molar-refractivity contribution in [3.63, 3.8) is 0 Å². The average molecular weight is 156 g/mol. The van der Waals surface area contributed by atoms with E-state index in [1.807, 2.05) is 0 Å². The van der Waals surface area contributed by atoms with Gasteiger partial charge >= 0.3 is 0 Å². The van der Waals surface area contributed by atoms with Crippen molar-refractivity contribution in [2.45, 2.75) is 11.8 Å². The maximum Gasteiger partial charge on any atom is 0.218 e. The summed E-state index contributed by atoms with van der Waals surface area (Å²) in [5, 5.41) is -0.311. The molecule has 0 saturated carbocycles. The Morgan fingerprint density at radius 1 is 1.75 bits per heavy atom. The molecule has 0 aromatic rings. The Morgan fingerprint density at radius 3 is 2.38 bits per heavy atom. The molecule has 0 spiro atoms. The summed E-state index contributed by atoms with van der Waals surface area (Å²) in [7, 11) is 0. The lowest BCUT2D eigenvalue weighted by Crippen LogP contribution is -2.17. The van der Waals surface area contributed by atoms with E-state index in [4.69, 9.17) is 28.9 Å². The number of nitrogens with two attached hydrogens (primary N) is 1. The van der Waals surface area contributed by atoms with Crippen LogP contribution < -0.4 is 5.73 Å². The Kier molecular flexibility index (Phi) is 4.01. The van der Waals surface area contributed by atoms with E-state index in [0.29, 0.717) is 0 Å². The number of carbonyl (C=O) groups excluding carboxylic acids is 1. The second kappa shape index (κ2) is 3.98. The molecule has 0 bridgehead atoms. The molecular weight excluding hydrogens is 149 g/mol. The van der Waals surface area contributed by atoms with Crippen LogP contribution in [-0.2, 0) is 4.79 Å². The summed E-state index contributed by atoms with van der Waals surface area (Å²) in [5.74, 6) is -0.143. The van der Waals surface area contributed by atoms with Gasteiger partial charge in [-0.3, -0.25) is 4.79 Å². The van der Waals surface area contributed by atoms with E-state index >= 15 is 0 Å². The Bertz CT molecular complexity index is 86.1. The minimum atomic E-state index is -0.411. The van der Waals surface area contributed by atoms with Crippen LogP contribution in [0.5, 0.6) is 0 Å². The third-order valence-electron chi connectivity index (χ3n) is 0.590. The van der Waals surface area contributed by atoms with Gasteiger partial charge in [-0.25, -0.2) is 0 Å². The van der Waals surface area contributed by atoms with Crippen LogP contribution in [0.4, 0.5) is 0 Å². The summed E-state index contributed by atoms with van der Waals surface area (Å²) in [6.45, 7) is 0. The molecule has 1 amide bonds. The molecule has 0 aliphatic carbocycles. The maximum atomic E-state index is 10.0. The SMILES string of the molecule is NC(=O)C[C@H](Cl)CCl. The van der Waals surface area contributed by atoms with Crippen LogP contribution >= 0.6 is 23.2 Å². The maximum absolute atomic E-state index is 10.0. The Labute approximate surface area is 57.9 Å². The van der Waals surface area contributed by atoms with Crippen molar-refractivity contribution < 1.29 is 4.79 Å². The number of carbonyl (C=O) groups is 1. The smallest absolute Gasteiger partial charge is 0.218 e. The van der Waals surface area contributed by atoms with Gasteiger partial charge in [-0.1, -0.05) is 0 Å². The van der Waals surface area contributed by atoms with Crippen molar-refractivity contribution in [3.05, 3.63) is 0 Å². The number of primary amides is 1. The molecule has 48 valence electrons. The standard InChI is InChI=1S/C4H7Cl2NO/c5-2-3(6)1-4(7)8/h3H,1-2H2,(H2,7,8)/t3-/m0/s1. The van der Waals surface area contributed by atoms with Crippen molar-refractivity contribution in [1.82, 2.24) is 0 Å². The fourth-order valence-electron chi connectivity index (χ4n) is 0.273. The molecule has 0 aliphatic rings. The van der Waals surface area contributed by atoms with Gasteiger partial charge in [-0.2, -0.15) is 0 Å².